The van der Waals surface area contributed by atoms with Gasteiger partial charge in [-0.3, -0.25) is 4.68 Å². The third kappa shape index (κ3) is 2.87. The molecule has 1 aliphatic rings. The summed E-state index contributed by atoms with van der Waals surface area (Å²) in [4.78, 5) is 0. The van der Waals surface area contributed by atoms with Gasteiger partial charge in [-0.1, -0.05) is 6.92 Å². The van der Waals surface area contributed by atoms with Gasteiger partial charge in [-0.2, -0.15) is 5.10 Å². The molecule has 0 aromatic carbocycles. The average molecular weight is 237 g/mol. The van der Waals surface area contributed by atoms with Crippen LogP contribution in [-0.2, 0) is 11.3 Å². The van der Waals surface area contributed by atoms with Crippen molar-refractivity contribution in [3.8, 4) is 0 Å². The fourth-order valence-electron chi connectivity index (χ4n) is 2.65. The normalized spacial score (nSPS) is 26.3. The molecule has 4 heteroatoms. The van der Waals surface area contributed by atoms with E-state index in [1.807, 2.05) is 17.9 Å². The lowest BCUT2D eigenvalue weighted by Gasteiger charge is -2.20. The van der Waals surface area contributed by atoms with E-state index in [4.69, 9.17) is 4.74 Å². The number of hydrogen-bond acceptors (Lipinski definition) is 3. The van der Waals surface area contributed by atoms with Crippen LogP contribution in [0.5, 0.6) is 0 Å². The van der Waals surface area contributed by atoms with Crippen molar-refractivity contribution in [2.45, 2.75) is 45.4 Å². The zero-order valence-corrected chi connectivity index (χ0v) is 11.0. The van der Waals surface area contributed by atoms with Crippen molar-refractivity contribution in [1.29, 1.82) is 0 Å². The van der Waals surface area contributed by atoms with Gasteiger partial charge in [0.25, 0.3) is 0 Å². The third-order valence-corrected chi connectivity index (χ3v) is 3.48. The molecule has 1 aliphatic heterocycles. The highest BCUT2D eigenvalue weighted by Gasteiger charge is 2.30. The Bertz CT molecular complexity index is 350. The van der Waals surface area contributed by atoms with Gasteiger partial charge in [-0.25, -0.2) is 0 Å². The van der Waals surface area contributed by atoms with Crippen LogP contribution in [0.1, 0.15) is 38.3 Å². The second-order valence-corrected chi connectivity index (χ2v) is 4.94. The lowest BCUT2D eigenvalue weighted by Crippen LogP contribution is -2.25. The Kier molecular flexibility index (Phi) is 4.18. The number of nitrogens with one attached hydrogen (secondary N) is 1. The fourth-order valence-corrected chi connectivity index (χ4v) is 2.65. The Hall–Kier alpha value is -0.870. The summed E-state index contributed by atoms with van der Waals surface area (Å²) in [5.74, 6) is 0.564. The summed E-state index contributed by atoms with van der Waals surface area (Å²) < 4.78 is 7.68. The summed E-state index contributed by atoms with van der Waals surface area (Å²) in [5, 5.41) is 7.80. The van der Waals surface area contributed by atoms with Gasteiger partial charge < -0.3 is 10.1 Å². The molecular weight excluding hydrogens is 214 g/mol. The molecule has 1 N–H and O–H groups in total. The molecule has 2 rings (SSSR count). The van der Waals surface area contributed by atoms with Crippen molar-refractivity contribution in [1.82, 2.24) is 15.1 Å². The fraction of sp³-hybridized carbons (Fsp3) is 0.769. The van der Waals surface area contributed by atoms with E-state index in [1.54, 1.807) is 0 Å². The summed E-state index contributed by atoms with van der Waals surface area (Å²) in [6.07, 6.45) is 6.79. The predicted molar refractivity (Wildman–Crippen MR) is 67.8 cm³/mol. The molecule has 1 aromatic rings. The van der Waals surface area contributed by atoms with Crippen molar-refractivity contribution >= 4 is 0 Å². The van der Waals surface area contributed by atoms with Gasteiger partial charge in [0.2, 0.25) is 0 Å². The van der Waals surface area contributed by atoms with Crippen LogP contribution >= 0.6 is 0 Å². The van der Waals surface area contributed by atoms with E-state index in [-0.39, 0.29) is 0 Å². The maximum absolute atomic E-state index is 5.66. The van der Waals surface area contributed by atoms with E-state index >= 15 is 0 Å². The molecule has 0 amide bonds. The molecule has 4 nitrogen and oxygen atoms in total. The van der Waals surface area contributed by atoms with Crippen molar-refractivity contribution in [3.05, 3.63) is 18.0 Å². The smallest absolute Gasteiger partial charge is 0.0551 e. The van der Waals surface area contributed by atoms with Gasteiger partial charge >= 0.3 is 0 Å². The quantitative estimate of drug-likeness (QED) is 0.851. The first-order valence-electron chi connectivity index (χ1n) is 6.55. The summed E-state index contributed by atoms with van der Waals surface area (Å²) in [6.45, 7) is 6.16. The highest BCUT2D eigenvalue weighted by Crippen LogP contribution is 2.31. The van der Waals surface area contributed by atoms with Crippen LogP contribution in [0.2, 0.25) is 0 Å². The van der Waals surface area contributed by atoms with Gasteiger partial charge in [-0.05, 0) is 26.8 Å². The Balaban J connectivity index is 2.06. The third-order valence-electron chi connectivity index (χ3n) is 3.48. The largest absolute Gasteiger partial charge is 0.378 e. The summed E-state index contributed by atoms with van der Waals surface area (Å²) in [6, 6.07) is 0.366. The average Bonchev–Trinajstić information content (AvgIpc) is 2.91. The molecule has 0 bridgehead atoms. The Morgan fingerprint density at radius 1 is 1.65 bits per heavy atom. The van der Waals surface area contributed by atoms with Crippen LogP contribution in [0.15, 0.2) is 12.4 Å². The number of aryl methyl sites for hydroxylation is 1. The summed E-state index contributed by atoms with van der Waals surface area (Å²) in [5.41, 5.74) is 1.28. The van der Waals surface area contributed by atoms with Crippen LogP contribution in [0.3, 0.4) is 0 Å². The lowest BCUT2D eigenvalue weighted by atomic mass is 9.93. The first-order valence-corrected chi connectivity index (χ1v) is 6.55. The van der Waals surface area contributed by atoms with Gasteiger partial charge in [0.05, 0.1) is 18.9 Å². The zero-order valence-electron chi connectivity index (χ0n) is 11.0. The van der Waals surface area contributed by atoms with Gasteiger partial charge in [0.1, 0.15) is 0 Å². The van der Waals surface area contributed by atoms with E-state index < -0.39 is 0 Å². The first-order chi connectivity index (χ1) is 8.24. The second kappa shape index (κ2) is 5.65. The zero-order chi connectivity index (χ0) is 12.3. The van der Waals surface area contributed by atoms with Crippen molar-refractivity contribution < 1.29 is 4.74 Å². The minimum atomic E-state index is 0.366. The molecule has 0 saturated carbocycles. The highest BCUT2D eigenvalue weighted by atomic mass is 16.5. The maximum atomic E-state index is 5.66. The number of ether oxygens (including phenoxy) is 1. The Labute approximate surface area is 103 Å². The number of nitrogens with zero attached hydrogens (tertiary/aromatic N) is 2. The molecule has 0 spiro atoms. The monoisotopic (exact) mass is 237 g/mol. The maximum Gasteiger partial charge on any atom is 0.0551 e. The van der Waals surface area contributed by atoms with Crippen LogP contribution < -0.4 is 5.32 Å². The molecule has 3 atom stereocenters. The SMILES string of the molecule is CCCn1cc(C(NC)C2COC(C)C2)cn1. The number of hydrogen-bond donors (Lipinski definition) is 1. The van der Waals surface area contributed by atoms with Crippen LogP contribution in [-0.4, -0.2) is 29.5 Å². The highest BCUT2D eigenvalue weighted by molar-refractivity contribution is 5.12. The van der Waals surface area contributed by atoms with Crippen LogP contribution in [0, 0.1) is 5.92 Å². The van der Waals surface area contributed by atoms with Crippen molar-refractivity contribution in [2.24, 2.45) is 5.92 Å². The lowest BCUT2D eigenvalue weighted by molar-refractivity contribution is 0.117. The topological polar surface area (TPSA) is 39.1 Å². The molecule has 2 heterocycles. The second-order valence-electron chi connectivity index (χ2n) is 4.94. The van der Waals surface area contributed by atoms with E-state index in [0.717, 1.165) is 26.0 Å². The summed E-state index contributed by atoms with van der Waals surface area (Å²) >= 11 is 0. The Morgan fingerprint density at radius 3 is 3.06 bits per heavy atom. The Morgan fingerprint density at radius 2 is 2.47 bits per heavy atom. The van der Waals surface area contributed by atoms with E-state index in [1.165, 1.54) is 5.56 Å². The van der Waals surface area contributed by atoms with Crippen molar-refractivity contribution in [2.75, 3.05) is 13.7 Å². The number of aromatic nitrogens is 2. The molecule has 17 heavy (non-hydrogen) atoms. The minimum Gasteiger partial charge on any atom is -0.378 e. The van der Waals surface area contributed by atoms with E-state index in [0.29, 0.717) is 18.1 Å². The van der Waals surface area contributed by atoms with Crippen LogP contribution in [0.4, 0.5) is 0 Å². The van der Waals surface area contributed by atoms with Gasteiger partial charge in [0.15, 0.2) is 0 Å². The molecule has 1 aromatic heterocycles. The summed E-state index contributed by atoms with van der Waals surface area (Å²) in [7, 11) is 2.02. The standard InChI is InChI=1S/C13H23N3O/c1-4-5-16-8-12(7-15-16)13(14-3)11-6-10(2)17-9-11/h7-8,10-11,13-14H,4-6,9H2,1-3H3. The van der Waals surface area contributed by atoms with Crippen molar-refractivity contribution in [3.63, 3.8) is 0 Å². The molecule has 96 valence electrons. The van der Waals surface area contributed by atoms with Gasteiger partial charge in [0, 0.05) is 30.3 Å². The molecule has 1 fully saturated rings. The van der Waals surface area contributed by atoms with Gasteiger partial charge in [-0.15, -0.1) is 0 Å². The van der Waals surface area contributed by atoms with Crippen LogP contribution in [0.25, 0.3) is 0 Å². The number of rotatable bonds is 5. The minimum absolute atomic E-state index is 0.366. The molecule has 0 radical (unpaired) electrons. The van der Waals surface area contributed by atoms with E-state index in [9.17, 15) is 0 Å². The molecule has 3 unspecified atom stereocenters. The molecule has 1 saturated heterocycles. The molecular formula is C13H23N3O. The predicted octanol–water partition coefficient (Wildman–Crippen LogP) is 1.98. The first kappa shape index (κ1) is 12.6. The molecule has 0 aliphatic carbocycles. The van der Waals surface area contributed by atoms with E-state index in [2.05, 4.69) is 30.5 Å².